The summed E-state index contributed by atoms with van der Waals surface area (Å²) in [6.45, 7) is 8.82. The molecule has 1 aromatic carbocycles. The van der Waals surface area contributed by atoms with Gasteiger partial charge in [-0.1, -0.05) is 59.8 Å². The third kappa shape index (κ3) is 3.84. The van der Waals surface area contributed by atoms with E-state index in [1.165, 1.54) is 5.19 Å². The molecule has 0 spiro atoms. The lowest BCUT2D eigenvalue weighted by Crippen LogP contribution is -2.45. The molecule has 1 unspecified atom stereocenters. The quantitative estimate of drug-likeness (QED) is 0.318. The van der Waals surface area contributed by atoms with Crippen LogP contribution in [0.5, 0.6) is 0 Å². The topological polar surface area (TPSA) is 21.6 Å². The Morgan fingerprint density at radius 2 is 2.00 bits per heavy atom. The van der Waals surface area contributed by atoms with Gasteiger partial charge >= 0.3 is 0 Å². The molecule has 0 fully saturated rings. The lowest BCUT2D eigenvalue weighted by atomic mass is 10.2. The van der Waals surface area contributed by atoms with Crippen LogP contribution in [0, 0.1) is 0 Å². The van der Waals surface area contributed by atoms with Crippen molar-refractivity contribution in [2.45, 2.75) is 31.5 Å². The summed E-state index contributed by atoms with van der Waals surface area (Å²) in [5.41, 5.74) is 0.559. The fourth-order valence-electron chi connectivity index (χ4n) is 2.24. The summed E-state index contributed by atoms with van der Waals surface area (Å²) in [7, 11) is 0.0840. The normalized spacial score (nSPS) is 13.5. The van der Waals surface area contributed by atoms with Crippen LogP contribution >= 0.6 is 0 Å². The Balaban J connectivity index is 2.74. The van der Waals surface area contributed by atoms with Crippen molar-refractivity contribution in [3.05, 3.63) is 43.0 Å². The molecule has 0 N–H and O–H groups in total. The summed E-state index contributed by atoms with van der Waals surface area (Å²) >= 11 is 0. The zero-order chi connectivity index (χ0) is 13.4. The summed E-state index contributed by atoms with van der Waals surface area (Å²) in [6.07, 6.45) is 5.98. The van der Waals surface area contributed by atoms with Crippen molar-refractivity contribution < 1.29 is 4.84 Å². The fraction of sp³-hybridized carbons (Fsp3) is 0.400. The lowest BCUT2D eigenvalue weighted by molar-refractivity contribution is 0.214. The summed E-state index contributed by atoms with van der Waals surface area (Å²) in [5, 5.41) is 5.27. The Kier molecular flexibility index (Phi) is 5.85. The molecule has 2 nitrogen and oxygen atoms in total. The Labute approximate surface area is 111 Å². The minimum Gasteiger partial charge on any atom is -0.399 e. The van der Waals surface area contributed by atoms with Crippen LogP contribution in [0.2, 0.25) is 18.6 Å². The number of benzene rings is 1. The molecule has 1 atom stereocenters. The van der Waals surface area contributed by atoms with Crippen molar-refractivity contribution in [1.29, 1.82) is 0 Å². The predicted molar refractivity (Wildman–Crippen MR) is 82.2 cm³/mol. The molecule has 1 rings (SSSR count). The molecule has 0 aromatic heterocycles. The first-order valence-electron chi connectivity index (χ1n) is 6.36. The van der Waals surface area contributed by atoms with Gasteiger partial charge in [-0.2, -0.15) is 0 Å². The molecule has 0 heterocycles. The maximum absolute atomic E-state index is 4.68. The number of rotatable bonds is 7. The number of nitrogens with zero attached hydrogens (tertiary/aromatic N) is 1. The predicted octanol–water partition coefficient (Wildman–Crippen LogP) is 3.57. The molecule has 1 aromatic rings. The first-order chi connectivity index (χ1) is 8.62. The fourth-order valence-corrected chi connectivity index (χ4v) is 5.19. The molecular weight excluding hydrogens is 238 g/mol. The van der Waals surface area contributed by atoms with Gasteiger partial charge in [-0.15, -0.1) is 6.58 Å². The number of hydrogen-bond donors (Lipinski definition) is 0. The molecule has 0 aliphatic rings. The van der Waals surface area contributed by atoms with Crippen molar-refractivity contribution in [2.75, 3.05) is 7.11 Å². The second kappa shape index (κ2) is 7.16. The number of hydrogen-bond acceptors (Lipinski definition) is 2. The summed E-state index contributed by atoms with van der Waals surface area (Å²) in [4.78, 5) is 4.68. The monoisotopic (exact) mass is 261 g/mol. The van der Waals surface area contributed by atoms with Crippen LogP contribution in [-0.2, 0) is 4.84 Å². The molecule has 0 saturated carbocycles. The van der Waals surface area contributed by atoms with E-state index >= 15 is 0 Å². The zero-order valence-electron chi connectivity index (χ0n) is 11.6. The highest BCUT2D eigenvalue weighted by Crippen LogP contribution is 2.27. The molecule has 98 valence electrons. The molecule has 0 aliphatic heterocycles. The van der Waals surface area contributed by atoms with Crippen molar-refractivity contribution >= 4 is 19.5 Å². The van der Waals surface area contributed by atoms with E-state index < -0.39 is 8.07 Å². The summed E-state index contributed by atoms with van der Waals surface area (Å²) in [6, 6.07) is 10.8. The Bertz CT molecular complexity index is 387. The first-order valence-corrected chi connectivity index (χ1v) is 9.43. The van der Waals surface area contributed by atoms with Gasteiger partial charge in [-0.05, 0) is 18.4 Å². The molecular formula is C15H23NOSi. The number of allylic oxidation sites excluding steroid dienone is 1. The Hall–Kier alpha value is -1.35. The highest BCUT2D eigenvalue weighted by atomic mass is 28.3. The molecule has 0 bridgehead atoms. The van der Waals surface area contributed by atoms with E-state index in [1.54, 1.807) is 7.11 Å². The van der Waals surface area contributed by atoms with E-state index in [0.29, 0.717) is 5.54 Å². The van der Waals surface area contributed by atoms with Crippen LogP contribution in [0.3, 0.4) is 0 Å². The maximum Gasteiger partial charge on any atom is 0.106 e. The van der Waals surface area contributed by atoms with Crippen molar-refractivity contribution in [3.63, 3.8) is 0 Å². The van der Waals surface area contributed by atoms with E-state index in [9.17, 15) is 0 Å². The highest BCUT2D eigenvalue weighted by molar-refractivity contribution is 6.91. The van der Waals surface area contributed by atoms with Crippen LogP contribution in [0.15, 0.2) is 48.1 Å². The molecule has 0 radical (unpaired) electrons. The van der Waals surface area contributed by atoms with Crippen LogP contribution in [-0.4, -0.2) is 21.4 Å². The van der Waals surface area contributed by atoms with Gasteiger partial charge in [0.25, 0.3) is 0 Å². The van der Waals surface area contributed by atoms with Crippen molar-refractivity contribution in [1.82, 2.24) is 0 Å². The minimum absolute atomic E-state index is 0.559. The van der Waals surface area contributed by atoms with Crippen LogP contribution in [0.1, 0.15) is 12.8 Å². The van der Waals surface area contributed by atoms with Crippen LogP contribution in [0.4, 0.5) is 0 Å². The van der Waals surface area contributed by atoms with E-state index in [2.05, 4.69) is 66.1 Å². The van der Waals surface area contributed by atoms with E-state index in [0.717, 1.165) is 12.8 Å². The van der Waals surface area contributed by atoms with Gasteiger partial charge in [-0.3, -0.25) is 0 Å². The van der Waals surface area contributed by atoms with Crippen molar-refractivity contribution in [2.24, 2.45) is 5.16 Å². The van der Waals surface area contributed by atoms with Gasteiger partial charge in [0.2, 0.25) is 0 Å². The SMILES string of the molecule is C=CC(CC/C=N\OC)[Si](C)(C)c1ccccc1. The second-order valence-electron chi connectivity index (χ2n) is 4.98. The van der Waals surface area contributed by atoms with Crippen molar-refractivity contribution in [3.8, 4) is 0 Å². The van der Waals surface area contributed by atoms with Gasteiger partial charge < -0.3 is 4.84 Å². The molecule has 0 saturated heterocycles. The minimum atomic E-state index is -1.49. The highest BCUT2D eigenvalue weighted by Gasteiger charge is 2.30. The largest absolute Gasteiger partial charge is 0.399 e. The van der Waals surface area contributed by atoms with Gasteiger partial charge in [-0.25, -0.2) is 0 Å². The molecule has 0 aliphatic carbocycles. The average Bonchev–Trinajstić information content (AvgIpc) is 2.39. The maximum atomic E-state index is 4.68. The average molecular weight is 261 g/mol. The van der Waals surface area contributed by atoms with Gasteiger partial charge in [0, 0.05) is 6.21 Å². The second-order valence-corrected chi connectivity index (χ2v) is 9.74. The van der Waals surface area contributed by atoms with E-state index in [4.69, 9.17) is 0 Å². The molecule has 0 amide bonds. The third-order valence-electron chi connectivity index (χ3n) is 3.52. The third-order valence-corrected chi connectivity index (χ3v) is 7.72. The van der Waals surface area contributed by atoms with Gasteiger partial charge in [0.05, 0.1) is 8.07 Å². The van der Waals surface area contributed by atoms with E-state index in [-0.39, 0.29) is 0 Å². The smallest absolute Gasteiger partial charge is 0.106 e. The molecule has 18 heavy (non-hydrogen) atoms. The summed E-state index contributed by atoms with van der Waals surface area (Å²) < 4.78 is 0. The number of oxime groups is 1. The molecule has 3 heteroatoms. The Morgan fingerprint density at radius 3 is 2.56 bits per heavy atom. The zero-order valence-corrected chi connectivity index (χ0v) is 12.6. The van der Waals surface area contributed by atoms with Crippen LogP contribution < -0.4 is 5.19 Å². The standard InChI is InChI=1S/C15H23NOSi/c1-5-14(12-9-13-16-17-2)18(3,4)15-10-7-6-8-11-15/h5-8,10-11,13-14H,1,9,12H2,2-4H3/b16-13-. The Morgan fingerprint density at radius 1 is 1.33 bits per heavy atom. The first kappa shape index (κ1) is 14.7. The van der Waals surface area contributed by atoms with E-state index in [1.807, 2.05) is 6.21 Å². The lowest BCUT2D eigenvalue weighted by Gasteiger charge is -2.30. The summed E-state index contributed by atoms with van der Waals surface area (Å²) in [5.74, 6) is 0. The van der Waals surface area contributed by atoms with Crippen LogP contribution in [0.25, 0.3) is 0 Å². The van der Waals surface area contributed by atoms with Gasteiger partial charge in [0.15, 0.2) is 0 Å². The van der Waals surface area contributed by atoms with Gasteiger partial charge in [0.1, 0.15) is 7.11 Å².